The first-order valence-electron chi connectivity index (χ1n) is 1.53. The van der Waals surface area contributed by atoms with Crippen molar-refractivity contribution in [1.29, 1.82) is 0 Å². The van der Waals surface area contributed by atoms with E-state index in [1.165, 1.54) is 10.8 Å². The van der Waals surface area contributed by atoms with Crippen molar-refractivity contribution < 1.29 is 0 Å². The minimum absolute atomic E-state index is 1.11. The van der Waals surface area contributed by atoms with Gasteiger partial charge in [-0.05, 0) is 6.42 Å². The summed E-state index contributed by atoms with van der Waals surface area (Å²) < 4.78 is 0. The molecule has 0 heterocycles. The lowest BCUT2D eigenvalue weighted by atomic mass is 10.6. The normalized spacial score (nSPS) is 8.40. The van der Waals surface area contributed by atoms with E-state index >= 15 is 0 Å². The maximum Gasteiger partial charge on any atom is 0.0273 e. The monoisotopic (exact) mass is 107 g/mol. The highest BCUT2D eigenvalue weighted by Gasteiger charge is 1.70. The Morgan fingerprint density at radius 3 is 2.60 bits per heavy atom. The van der Waals surface area contributed by atoms with Gasteiger partial charge in [0, 0.05) is 5.75 Å². The molecule has 0 unspecified atom stereocenters. The first kappa shape index (κ1) is 5.70. The molecule has 0 atom stereocenters. The Kier molecular flexibility index (Phi) is 5.36. The molecule has 0 aromatic rings. The third kappa shape index (κ3) is 4.70. The molecule has 1 radical (unpaired) electrons. The van der Waals surface area contributed by atoms with E-state index in [4.69, 9.17) is 0 Å². The van der Waals surface area contributed by atoms with Crippen LogP contribution in [0, 0.1) is 5.75 Å². The molecule has 0 aliphatic carbocycles. The van der Waals surface area contributed by atoms with Crippen molar-refractivity contribution in [3.05, 3.63) is 5.75 Å². The number of thiol groups is 1. The van der Waals surface area contributed by atoms with Crippen LogP contribution in [0.5, 0.6) is 0 Å². The Morgan fingerprint density at radius 2 is 2.60 bits per heavy atom. The summed E-state index contributed by atoms with van der Waals surface area (Å²) in [6.45, 7) is 2.09. The average Bonchev–Trinajstić information content (AvgIpc) is 1.41. The second-order valence-electron chi connectivity index (χ2n) is 0.680. The molecule has 0 saturated carbocycles. The van der Waals surface area contributed by atoms with Crippen molar-refractivity contribution >= 4 is 22.5 Å². The zero-order valence-corrected chi connectivity index (χ0v) is 4.85. The molecule has 0 nitrogen and oxygen atoms in total. The molecule has 0 aliphatic heterocycles. The van der Waals surface area contributed by atoms with E-state index in [2.05, 4.69) is 18.6 Å². The number of hydrogen-bond donors (Lipinski definition) is 1. The van der Waals surface area contributed by atoms with Crippen molar-refractivity contribution in [2.45, 2.75) is 13.3 Å². The van der Waals surface area contributed by atoms with E-state index in [9.17, 15) is 0 Å². The predicted octanol–water partition coefficient (Wildman–Crippen LogP) is 2.14. The first-order chi connectivity index (χ1) is 2.41. The summed E-state index contributed by atoms with van der Waals surface area (Å²) >= 11 is 3.86. The third-order valence-corrected chi connectivity index (χ3v) is 1.17. The smallest absolute Gasteiger partial charge is 0.0273 e. The lowest BCUT2D eigenvalue weighted by molar-refractivity contribution is 1.20. The SMILES string of the molecule is CC[CH]SS. The van der Waals surface area contributed by atoms with Gasteiger partial charge in [0.25, 0.3) is 0 Å². The molecule has 0 spiro atoms. The van der Waals surface area contributed by atoms with Crippen molar-refractivity contribution in [1.82, 2.24) is 0 Å². The molecule has 0 fully saturated rings. The Morgan fingerprint density at radius 1 is 2.00 bits per heavy atom. The Hall–Kier alpha value is 0.700. The minimum Gasteiger partial charge on any atom is -0.111 e. The quantitative estimate of drug-likeness (QED) is 0.416. The molecular weight excluding hydrogens is 100 g/mol. The van der Waals surface area contributed by atoms with Crippen molar-refractivity contribution in [2.75, 3.05) is 0 Å². The van der Waals surface area contributed by atoms with E-state index in [1.54, 1.807) is 0 Å². The van der Waals surface area contributed by atoms with Crippen LogP contribution in [0.1, 0.15) is 13.3 Å². The minimum atomic E-state index is 1.11. The highest BCUT2D eigenvalue weighted by atomic mass is 33.1. The zero-order valence-electron chi connectivity index (χ0n) is 3.14. The zero-order chi connectivity index (χ0) is 4.12. The molecule has 0 amide bonds. The molecule has 0 aromatic heterocycles. The molecule has 0 saturated heterocycles. The Bertz CT molecular complexity index is 12.4. The van der Waals surface area contributed by atoms with Crippen LogP contribution in [0.2, 0.25) is 0 Å². The number of hydrogen-bond acceptors (Lipinski definition) is 2. The predicted molar refractivity (Wildman–Crippen MR) is 31.2 cm³/mol. The van der Waals surface area contributed by atoms with Crippen molar-refractivity contribution in [3.63, 3.8) is 0 Å². The number of rotatable bonds is 2. The molecule has 0 aliphatic rings. The fourth-order valence-electron chi connectivity index (χ4n) is 0.0745. The molecule has 0 N–H and O–H groups in total. The van der Waals surface area contributed by atoms with E-state index < -0.39 is 0 Å². The van der Waals surface area contributed by atoms with Crippen LogP contribution in [0.15, 0.2) is 0 Å². The largest absolute Gasteiger partial charge is 0.111 e. The first-order valence-corrected chi connectivity index (χ1v) is 3.47. The maximum atomic E-state index is 3.86. The van der Waals surface area contributed by atoms with E-state index in [0.29, 0.717) is 0 Å². The Balaban J connectivity index is 2.19. The van der Waals surface area contributed by atoms with Gasteiger partial charge < -0.3 is 0 Å². The Labute approximate surface area is 42.1 Å². The van der Waals surface area contributed by atoms with Crippen molar-refractivity contribution in [3.8, 4) is 0 Å². The van der Waals surface area contributed by atoms with Gasteiger partial charge in [0.15, 0.2) is 0 Å². The van der Waals surface area contributed by atoms with Crippen LogP contribution in [-0.2, 0) is 0 Å². The van der Waals surface area contributed by atoms with Crippen LogP contribution in [0.3, 0.4) is 0 Å². The van der Waals surface area contributed by atoms with Crippen LogP contribution in [0.25, 0.3) is 0 Å². The lowest BCUT2D eigenvalue weighted by Crippen LogP contribution is -1.49. The van der Waals surface area contributed by atoms with Gasteiger partial charge in [-0.15, -0.1) is 11.7 Å². The van der Waals surface area contributed by atoms with Gasteiger partial charge in [0.1, 0.15) is 0 Å². The van der Waals surface area contributed by atoms with E-state index in [1.807, 2.05) is 5.75 Å². The summed E-state index contributed by atoms with van der Waals surface area (Å²) in [5.41, 5.74) is 0. The summed E-state index contributed by atoms with van der Waals surface area (Å²) in [7, 11) is 1.47. The molecule has 0 rings (SSSR count). The van der Waals surface area contributed by atoms with E-state index in [0.717, 1.165) is 6.42 Å². The van der Waals surface area contributed by atoms with Crippen LogP contribution >= 0.6 is 22.5 Å². The van der Waals surface area contributed by atoms with Gasteiger partial charge in [-0.1, -0.05) is 17.7 Å². The second kappa shape index (κ2) is 4.70. The van der Waals surface area contributed by atoms with E-state index in [-0.39, 0.29) is 0 Å². The molecule has 31 valence electrons. The van der Waals surface area contributed by atoms with Crippen LogP contribution in [-0.4, -0.2) is 0 Å². The van der Waals surface area contributed by atoms with Gasteiger partial charge in [0.05, 0.1) is 0 Å². The lowest BCUT2D eigenvalue weighted by Gasteiger charge is -1.77. The summed E-state index contributed by atoms with van der Waals surface area (Å²) in [5, 5.41) is 0. The van der Waals surface area contributed by atoms with Gasteiger partial charge in [-0.2, -0.15) is 0 Å². The molecular formula is C3H7S2. The highest BCUT2D eigenvalue weighted by Crippen LogP contribution is 2.10. The van der Waals surface area contributed by atoms with Crippen LogP contribution in [0.4, 0.5) is 0 Å². The highest BCUT2D eigenvalue weighted by molar-refractivity contribution is 8.69. The topological polar surface area (TPSA) is 0 Å². The van der Waals surface area contributed by atoms with Gasteiger partial charge in [-0.25, -0.2) is 0 Å². The van der Waals surface area contributed by atoms with Crippen molar-refractivity contribution in [2.24, 2.45) is 0 Å². The summed E-state index contributed by atoms with van der Waals surface area (Å²) in [4.78, 5) is 0. The third-order valence-electron chi connectivity index (χ3n) is 0.241. The molecule has 2 heteroatoms. The fraction of sp³-hybridized carbons (Fsp3) is 0.667. The molecule has 0 aromatic carbocycles. The summed E-state index contributed by atoms with van der Waals surface area (Å²) in [5.74, 6) is 2.03. The average molecular weight is 107 g/mol. The van der Waals surface area contributed by atoms with Crippen LogP contribution < -0.4 is 0 Å². The maximum absolute atomic E-state index is 3.86. The van der Waals surface area contributed by atoms with Gasteiger partial charge in [-0.3, -0.25) is 0 Å². The van der Waals surface area contributed by atoms with Gasteiger partial charge in [0.2, 0.25) is 0 Å². The standard InChI is InChI=1S/C3H7S2/c1-2-3-5-4/h3-4H,2H2,1H3. The second-order valence-corrected chi connectivity index (χ2v) is 1.86. The molecule has 5 heavy (non-hydrogen) atoms. The summed E-state index contributed by atoms with van der Waals surface area (Å²) in [6.07, 6.45) is 1.11. The fourth-order valence-corrected chi connectivity index (χ4v) is 0.671. The van der Waals surface area contributed by atoms with Gasteiger partial charge >= 0.3 is 0 Å². The molecule has 0 bridgehead atoms. The summed E-state index contributed by atoms with van der Waals surface area (Å²) in [6, 6.07) is 0.